The number of unbranched alkanes of at least 4 members (excludes halogenated alkanes) is 3. The fourth-order valence-electron chi connectivity index (χ4n) is 8.11. The normalized spacial score (nSPS) is 17.2. The van der Waals surface area contributed by atoms with Crippen molar-refractivity contribution in [2.75, 3.05) is 18.8 Å². The number of nitrogens with zero attached hydrogens (tertiary/aromatic N) is 5. The van der Waals surface area contributed by atoms with Crippen LogP contribution in [0.4, 0.5) is 10.5 Å². The number of azide groups is 1. The molecule has 0 saturated carbocycles. The van der Waals surface area contributed by atoms with Crippen molar-refractivity contribution >= 4 is 57.2 Å². The Bertz CT molecular complexity index is 2600. The zero-order chi connectivity index (χ0) is 48.8. The van der Waals surface area contributed by atoms with Gasteiger partial charge in [0.25, 0.3) is 5.91 Å². The monoisotopic (exact) mass is 969 g/mol. The highest BCUT2D eigenvalue weighted by atomic mass is 32.2. The molecule has 362 valence electrons. The number of hydrogen-bond acceptors (Lipinski definition) is 11. The lowest BCUT2D eigenvalue weighted by Gasteiger charge is -2.19. The van der Waals surface area contributed by atoms with Gasteiger partial charge in [-0.15, -0.1) is 0 Å². The minimum absolute atomic E-state index is 0.0293. The molecule has 2 saturated heterocycles. The van der Waals surface area contributed by atoms with Gasteiger partial charge in [-0.3, -0.25) is 14.4 Å². The van der Waals surface area contributed by atoms with Crippen molar-refractivity contribution in [1.29, 1.82) is 0 Å². The molecule has 68 heavy (non-hydrogen) atoms. The van der Waals surface area contributed by atoms with E-state index in [0.717, 1.165) is 37.9 Å². The van der Waals surface area contributed by atoms with Crippen LogP contribution in [0, 0.1) is 19.8 Å². The lowest BCUT2D eigenvalue weighted by molar-refractivity contribution is -0.136. The topological polar surface area (TPSA) is 281 Å². The van der Waals surface area contributed by atoms with Crippen molar-refractivity contribution in [2.24, 2.45) is 16.2 Å². The Hall–Kier alpha value is -6.41. The lowest BCUT2D eigenvalue weighted by atomic mass is 9.98. The van der Waals surface area contributed by atoms with E-state index < -0.39 is 27.9 Å². The number of esters is 1. The first-order valence-corrected chi connectivity index (χ1v) is 25.4. The number of benzene rings is 3. The molecule has 0 radical (unpaired) electrons. The van der Waals surface area contributed by atoms with E-state index in [1.54, 1.807) is 35.9 Å². The van der Waals surface area contributed by atoms with Crippen molar-refractivity contribution < 1.29 is 37.1 Å². The SMILES string of the molecule is Cc1cc(-c2ccc(C)c(OC(=O)[C@H](CCCCNC(=O)CCCCCNC(=O)C(C)CCC[C@@H]3SC[C@@H]4NC(=O)N[C@@H]43)NC(=O)c3ccc(N=[N+]=[N-])cc3)c2)n(-c2ccc(S(N)(=O)=O)cc2)n1. The van der Waals surface area contributed by atoms with E-state index in [1.165, 1.54) is 36.4 Å². The average Bonchev–Trinajstić information content (AvgIpc) is 4.01. The van der Waals surface area contributed by atoms with Crippen LogP contribution in [0.2, 0.25) is 0 Å². The first kappa shape index (κ1) is 51.0. The standard InChI is InChI=1S/C47H59N11O8S2/c1-29-14-15-33(39-26-31(3)56-58(39)35-20-22-36(23-21-35)68(49,64)65)27-40(29)66-46(62)37(52-45(61)32-16-18-34(19-17-32)55-57-48)11-6-8-24-50-42(59)13-5-4-7-25-51-44(60)30(2)10-9-12-41-43-38(28-67-41)53-47(63)54-43/h14-23,26-27,30,37-38,41,43H,4-13,24-25,28H2,1-3H3,(H,50,59)(H,51,60)(H,52,61)(H2,49,64,65)(H2,53,54,63)/t30?,37-,38-,41-,43-/m0/s1. The van der Waals surface area contributed by atoms with Gasteiger partial charge in [0.1, 0.15) is 11.8 Å². The van der Waals surface area contributed by atoms with E-state index >= 15 is 0 Å². The summed E-state index contributed by atoms with van der Waals surface area (Å²) in [5.41, 5.74) is 12.6. The Morgan fingerprint density at radius 3 is 2.41 bits per heavy atom. The third-order valence-corrected chi connectivity index (χ3v) is 14.4. The van der Waals surface area contributed by atoms with E-state index in [4.69, 9.17) is 15.4 Å². The predicted molar refractivity (Wildman–Crippen MR) is 259 cm³/mol. The number of sulfonamides is 1. The molecular weight excluding hydrogens is 911 g/mol. The first-order valence-electron chi connectivity index (χ1n) is 22.8. The highest BCUT2D eigenvalue weighted by molar-refractivity contribution is 8.00. The second-order valence-corrected chi connectivity index (χ2v) is 20.0. The van der Waals surface area contributed by atoms with Gasteiger partial charge < -0.3 is 31.3 Å². The molecule has 2 fully saturated rings. The molecule has 1 aromatic heterocycles. The van der Waals surface area contributed by atoms with Crippen LogP contribution in [-0.4, -0.2) is 90.1 Å². The van der Waals surface area contributed by atoms with Gasteiger partial charge in [0, 0.05) is 58.2 Å². The Morgan fingerprint density at radius 1 is 0.941 bits per heavy atom. The quantitative estimate of drug-likeness (QED) is 0.00856. The minimum atomic E-state index is -3.90. The van der Waals surface area contributed by atoms with E-state index in [-0.39, 0.29) is 58.5 Å². The second-order valence-electron chi connectivity index (χ2n) is 17.2. The number of carbonyl (C=O) groups is 5. The molecule has 21 heteroatoms. The molecule has 4 aromatic rings. The molecule has 5 atom stereocenters. The van der Waals surface area contributed by atoms with Crippen LogP contribution in [0.15, 0.2) is 82.8 Å². The van der Waals surface area contributed by atoms with Gasteiger partial charge in [0.15, 0.2) is 0 Å². The summed E-state index contributed by atoms with van der Waals surface area (Å²) >= 11 is 1.88. The molecule has 2 aliphatic heterocycles. The Kier molecular flexibility index (Phi) is 18.0. The van der Waals surface area contributed by atoms with Crippen LogP contribution in [0.3, 0.4) is 0 Å². The number of aryl methyl sites for hydroxylation is 2. The number of amides is 5. The van der Waals surface area contributed by atoms with Crippen molar-refractivity contribution in [3.8, 4) is 22.7 Å². The Morgan fingerprint density at radius 2 is 1.68 bits per heavy atom. The number of primary sulfonamides is 1. The zero-order valence-corrected chi connectivity index (χ0v) is 40.0. The number of thioether (sulfide) groups is 1. The number of urea groups is 1. The highest BCUT2D eigenvalue weighted by Crippen LogP contribution is 2.34. The Balaban J connectivity index is 0.959. The summed E-state index contributed by atoms with van der Waals surface area (Å²) in [4.78, 5) is 66.9. The van der Waals surface area contributed by atoms with E-state index in [1.807, 2.05) is 37.7 Å². The number of rotatable bonds is 24. The summed E-state index contributed by atoms with van der Waals surface area (Å²) in [5.74, 6) is -0.222. The van der Waals surface area contributed by atoms with E-state index in [9.17, 15) is 32.4 Å². The summed E-state index contributed by atoms with van der Waals surface area (Å²) in [7, 11) is -3.90. The maximum Gasteiger partial charge on any atom is 0.334 e. The number of hydrogen-bond donors (Lipinski definition) is 6. The molecule has 6 rings (SSSR count). The molecule has 2 aliphatic rings. The van der Waals surface area contributed by atoms with Crippen LogP contribution < -0.4 is 36.5 Å². The third-order valence-electron chi connectivity index (χ3n) is 11.9. The van der Waals surface area contributed by atoms with E-state index in [0.29, 0.717) is 77.9 Å². The van der Waals surface area contributed by atoms with Gasteiger partial charge in [-0.2, -0.15) is 16.9 Å². The number of fused-ring (bicyclic) bond motifs is 1. The third kappa shape index (κ3) is 14.3. The number of ether oxygens (including phenoxy) is 1. The van der Waals surface area contributed by atoms with Gasteiger partial charge in [-0.25, -0.2) is 27.8 Å². The molecule has 19 nitrogen and oxygen atoms in total. The number of nitrogens with one attached hydrogen (secondary N) is 5. The summed E-state index contributed by atoms with van der Waals surface area (Å²) in [6, 6.07) is 18.3. The first-order chi connectivity index (χ1) is 32.6. The van der Waals surface area contributed by atoms with Crippen LogP contribution in [0.25, 0.3) is 27.4 Å². The second kappa shape index (κ2) is 24.0. The van der Waals surface area contributed by atoms with Crippen molar-refractivity contribution in [3.63, 3.8) is 0 Å². The van der Waals surface area contributed by atoms with Gasteiger partial charge >= 0.3 is 12.0 Å². The average molecular weight is 970 g/mol. The lowest BCUT2D eigenvalue weighted by Crippen LogP contribution is -2.43. The van der Waals surface area contributed by atoms with Crippen molar-refractivity contribution in [2.45, 2.75) is 113 Å². The molecule has 3 aromatic carbocycles. The minimum Gasteiger partial charge on any atom is -0.425 e. The Labute approximate surface area is 400 Å². The fraction of sp³-hybridized carbons (Fsp3) is 0.447. The van der Waals surface area contributed by atoms with Gasteiger partial charge in [-0.1, -0.05) is 49.1 Å². The fourth-order valence-corrected chi connectivity index (χ4v) is 10.2. The molecule has 1 unspecified atom stereocenters. The van der Waals surface area contributed by atoms with Crippen LogP contribution in [-0.2, 0) is 24.4 Å². The maximum atomic E-state index is 13.9. The number of aromatic nitrogens is 2. The molecule has 0 spiro atoms. The largest absolute Gasteiger partial charge is 0.425 e. The summed E-state index contributed by atoms with van der Waals surface area (Å²) in [6.07, 6.45) is 6.42. The zero-order valence-electron chi connectivity index (χ0n) is 38.4. The molecule has 0 bridgehead atoms. The van der Waals surface area contributed by atoms with Crippen molar-refractivity contribution in [3.05, 3.63) is 100 Å². The van der Waals surface area contributed by atoms with Crippen LogP contribution in [0.5, 0.6) is 5.75 Å². The molecular formula is C47H59N11O8S2. The van der Waals surface area contributed by atoms with Gasteiger partial charge in [0.05, 0.1) is 34.1 Å². The van der Waals surface area contributed by atoms with Gasteiger partial charge in [-0.05, 0) is 118 Å². The smallest absolute Gasteiger partial charge is 0.334 e. The number of nitrogens with two attached hydrogens (primary N) is 1. The highest BCUT2D eigenvalue weighted by Gasteiger charge is 2.42. The number of carbonyl (C=O) groups excluding carboxylic acids is 5. The predicted octanol–water partition coefficient (Wildman–Crippen LogP) is 6.38. The summed E-state index contributed by atoms with van der Waals surface area (Å²) in [5, 5.41) is 28.5. The molecule has 0 aliphatic carbocycles. The van der Waals surface area contributed by atoms with Crippen molar-refractivity contribution in [1.82, 2.24) is 36.4 Å². The molecule has 5 amide bonds. The maximum absolute atomic E-state index is 13.9. The van der Waals surface area contributed by atoms with Gasteiger partial charge in [0.2, 0.25) is 21.8 Å². The van der Waals surface area contributed by atoms with Crippen LogP contribution in [0.1, 0.15) is 92.7 Å². The molecule has 7 N–H and O–H groups in total. The summed E-state index contributed by atoms with van der Waals surface area (Å²) in [6.45, 7) is 6.45. The summed E-state index contributed by atoms with van der Waals surface area (Å²) < 4.78 is 31.3. The van der Waals surface area contributed by atoms with Crippen LogP contribution >= 0.6 is 11.8 Å². The van der Waals surface area contributed by atoms with E-state index in [2.05, 4.69) is 41.7 Å². The molecule has 3 heterocycles.